The van der Waals surface area contributed by atoms with E-state index in [1.54, 1.807) is 0 Å². The van der Waals surface area contributed by atoms with Gasteiger partial charge in [0.05, 0.1) is 5.69 Å². The Morgan fingerprint density at radius 2 is 1.89 bits per heavy atom. The molecule has 0 radical (unpaired) electrons. The van der Waals surface area contributed by atoms with Gasteiger partial charge in [0.25, 0.3) is 0 Å². The SMILES string of the molecule is CCc1nn(C)cc1CNc1ccc(C(C)C)cc1. The minimum Gasteiger partial charge on any atom is -0.381 e. The number of benzene rings is 1. The van der Waals surface area contributed by atoms with Crippen molar-refractivity contribution in [1.82, 2.24) is 9.78 Å². The first-order valence-corrected chi connectivity index (χ1v) is 6.95. The average Bonchev–Trinajstić information content (AvgIpc) is 2.77. The van der Waals surface area contributed by atoms with Gasteiger partial charge in [-0.25, -0.2) is 0 Å². The lowest BCUT2D eigenvalue weighted by molar-refractivity contribution is 0.746. The average molecular weight is 257 g/mol. The first-order valence-electron chi connectivity index (χ1n) is 6.95. The van der Waals surface area contributed by atoms with Crippen LogP contribution in [-0.4, -0.2) is 9.78 Å². The molecule has 102 valence electrons. The first kappa shape index (κ1) is 13.7. The van der Waals surface area contributed by atoms with Crippen molar-refractivity contribution in [2.24, 2.45) is 7.05 Å². The second-order valence-electron chi connectivity index (χ2n) is 5.26. The number of nitrogens with zero attached hydrogens (tertiary/aromatic N) is 2. The Labute approximate surface area is 115 Å². The highest BCUT2D eigenvalue weighted by atomic mass is 15.3. The third-order valence-electron chi connectivity index (χ3n) is 3.39. The summed E-state index contributed by atoms with van der Waals surface area (Å²) in [6, 6.07) is 8.68. The van der Waals surface area contributed by atoms with Gasteiger partial charge in [-0.1, -0.05) is 32.9 Å². The van der Waals surface area contributed by atoms with Crippen LogP contribution < -0.4 is 5.32 Å². The third kappa shape index (κ3) is 3.37. The van der Waals surface area contributed by atoms with E-state index in [0.717, 1.165) is 18.7 Å². The standard InChI is InChI=1S/C16H23N3/c1-5-16-14(11-19(4)18-16)10-17-15-8-6-13(7-9-15)12(2)3/h6-9,11-12,17H,5,10H2,1-4H3. The van der Waals surface area contributed by atoms with Gasteiger partial charge in [-0.3, -0.25) is 4.68 Å². The summed E-state index contributed by atoms with van der Waals surface area (Å²) in [5.74, 6) is 0.582. The topological polar surface area (TPSA) is 29.9 Å². The highest BCUT2D eigenvalue weighted by molar-refractivity contribution is 5.45. The van der Waals surface area contributed by atoms with Crippen molar-refractivity contribution >= 4 is 5.69 Å². The summed E-state index contributed by atoms with van der Waals surface area (Å²) < 4.78 is 1.89. The summed E-state index contributed by atoms with van der Waals surface area (Å²) in [6.07, 6.45) is 3.07. The van der Waals surface area contributed by atoms with Crippen LogP contribution >= 0.6 is 0 Å². The molecule has 0 unspecified atom stereocenters. The van der Waals surface area contributed by atoms with Crippen molar-refractivity contribution in [3.63, 3.8) is 0 Å². The van der Waals surface area contributed by atoms with E-state index >= 15 is 0 Å². The Kier molecular flexibility index (Phi) is 4.25. The maximum Gasteiger partial charge on any atom is 0.0671 e. The van der Waals surface area contributed by atoms with Crippen molar-refractivity contribution in [2.45, 2.75) is 39.7 Å². The van der Waals surface area contributed by atoms with Gasteiger partial charge in [0, 0.05) is 31.0 Å². The molecule has 3 heteroatoms. The van der Waals surface area contributed by atoms with Crippen molar-refractivity contribution in [2.75, 3.05) is 5.32 Å². The number of rotatable bonds is 5. The number of hydrogen-bond acceptors (Lipinski definition) is 2. The van der Waals surface area contributed by atoms with E-state index in [1.165, 1.54) is 16.8 Å². The minimum atomic E-state index is 0.582. The fourth-order valence-corrected chi connectivity index (χ4v) is 2.21. The van der Waals surface area contributed by atoms with E-state index in [2.05, 4.69) is 61.6 Å². The lowest BCUT2D eigenvalue weighted by atomic mass is 10.0. The molecule has 0 saturated heterocycles. The zero-order valence-electron chi connectivity index (χ0n) is 12.3. The smallest absolute Gasteiger partial charge is 0.0671 e. The van der Waals surface area contributed by atoms with Crippen LogP contribution in [-0.2, 0) is 20.0 Å². The van der Waals surface area contributed by atoms with Gasteiger partial charge in [0.1, 0.15) is 0 Å². The molecule has 19 heavy (non-hydrogen) atoms. The molecular weight excluding hydrogens is 234 g/mol. The van der Waals surface area contributed by atoms with Gasteiger partial charge in [-0.05, 0) is 30.0 Å². The molecule has 1 N–H and O–H groups in total. The fourth-order valence-electron chi connectivity index (χ4n) is 2.21. The Morgan fingerprint density at radius 3 is 2.47 bits per heavy atom. The number of nitrogens with one attached hydrogen (secondary N) is 1. The summed E-state index contributed by atoms with van der Waals surface area (Å²) in [5.41, 5.74) is 4.99. The molecule has 0 aliphatic carbocycles. The van der Waals surface area contributed by atoms with Crippen LogP contribution in [0.3, 0.4) is 0 Å². The van der Waals surface area contributed by atoms with E-state index in [0.29, 0.717) is 5.92 Å². The molecular formula is C16H23N3. The third-order valence-corrected chi connectivity index (χ3v) is 3.39. The lowest BCUT2D eigenvalue weighted by Crippen LogP contribution is -2.01. The quantitative estimate of drug-likeness (QED) is 0.884. The summed E-state index contributed by atoms with van der Waals surface area (Å²) in [7, 11) is 1.97. The van der Waals surface area contributed by atoms with Gasteiger partial charge in [0.2, 0.25) is 0 Å². The van der Waals surface area contributed by atoms with Crippen molar-refractivity contribution < 1.29 is 0 Å². The van der Waals surface area contributed by atoms with Crippen LogP contribution in [0.2, 0.25) is 0 Å². The summed E-state index contributed by atoms with van der Waals surface area (Å²) in [4.78, 5) is 0. The van der Waals surface area contributed by atoms with Crippen molar-refractivity contribution in [3.05, 3.63) is 47.3 Å². The van der Waals surface area contributed by atoms with Crippen molar-refractivity contribution in [1.29, 1.82) is 0 Å². The number of anilines is 1. The van der Waals surface area contributed by atoms with Gasteiger partial charge in [0.15, 0.2) is 0 Å². The number of hydrogen-bond donors (Lipinski definition) is 1. The maximum absolute atomic E-state index is 4.46. The van der Waals surface area contributed by atoms with Crippen LogP contribution in [0.1, 0.15) is 43.5 Å². The molecule has 2 aromatic rings. The molecule has 0 aliphatic rings. The molecule has 0 amide bonds. The van der Waals surface area contributed by atoms with E-state index in [9.17, 15) is 0 Å². The van der Waals surface area contributed by atoms with Crippen LogP contribution in [0.5, 0.6) is 0 Å². The Morgan fingerprint density at radius 1 is 1.21 bits per heavy atom. The van der Waals surface area contributed by atoms with Crippen molar-refractivity contribution in [3.8, 4) is 0 Å². The second kappa shape index (κ2) is 5.91. The maximum atomic E-state index is 4.46. The Bertz CT molecular complexity index is 523. The fraction of sp³-hybridized carbons (Fsp3) is 0.438. The number of aromatic nitrogens is 2. The minimum absolute atomic E-state index is 0.582. The zero-order valence-corrected chi connectivity index (χ0v) is 12.3. The van der Waals surface area contributed by atoms with Gasteiger partial charge in [-0.2, -0.15) is 5.10 Å². The van der Waals surface area contributed by atoms with Gasteiger partial charge in [-0.15, -0.1) is 0 Å². The molecule has 0 bridgehead atoms. The van der Waals surface area contributed by atoms with E-state index in [4.69, 9.17) is 0 Å². The zero-order chi connectivity index (χ0) is 13.8. The second-order valence-corrected chi connectivity index (χ2v) is 5.26. The van der Waals surface area contributed by atoms with Crippen LogP contribution in [0.4, 0.5) is 5.69 Å². The van der Waals surface area contributed by atoms with Crippen LogP contribution in [0, 0.1) is 0 Å². The monoisotopic (exact) mass is 257 g/mol. The normalized spacial score (nSPS) is 11.0. The van der Waals surface area contributed by atoms with E-state index in [1.807, 2.05) is 11.7 Å². The molecule has 0 spiro atoms. The summed E-state index contributed by atoms with van der Waals surface area (Å²) in [5, 5.41) is 7.92. The summed E-state index contributed by atoms with van der Waals surface area (Å²) >= 11 is 0. The Hall–Kier alpha value is -1.77. The summed E-state index contributed by atoms with van der Waals surface area (Å²) in [6.45, 7) is 7.40. The molecule has 0 fully saturated rings. The van der Waals surface area contributed by atoms with E-state index in [-0.39, 0.29) is 0 Å². The molecule has 3 nitrogen and oxygen atoms in total. The molecule has 0 aliphatic heterocycles. The largest absolute Gasteiger partial charge is 0.381 e. The Balaban J connectivity index is 2.01. The highest BCUT2D eigenvalue weighted by Gasteiger charge is 2.05. The first-order chi connectivity index (χ1) is 9.10. The van der Waals surface area contributed by atoms with Crippen LogP contribution in [0.25, 0.3) is 0 Å². The molecule has 2 rings (SSSR count). The van der Waals surface area contributed by atoms with Crippen LogP contribution in [0.15, 0.2) is 30.5 Å². The number of aryl methyl sites for hydroxylation is 2. The molecule has 1 aromatic carbocycles. The molecule has 1 heterocycles. The lowest BCUT2D eigenvalue weighted by Gasteiger charge is -2.09. The van der Waals surface area contributed by atoms with Gasteiger partial charge < -0.3 is 5.32 Å². The highest BCUT2D eigenvalue weighted by Crippen LogP contribution is 2.18. The molecule has 1 aromatic heterocycles. The predicted molar refractivity (Wildman–Crippen MR) is 80.4 cm³/mol. The van der Waals surface area contributed by atoms with Gasteiger partial charge >= 0.3 is 0 Å². The predicted octanol–water partition coefficient (Wildman–Crippen LogP) is 3.72. The van der Waals surface area contributed by atoms with E-state index < -0.39 is 0 Å². The molecule has 0 atom stereocenters. The molecule has 0 saturated carbocycles.